The minimum absolute atomic E-state index is 0.0526. The number of halogens is 3. The highest BCUT2D eigenvalue weighted by atomic mass is 32.2. The van der Waals surface area contributed by atoms with Gasteiger partial charge in [-0.3, -0.25) is 10.1 Å². The standard InChI is InChI=1S/C12H7F3N2O2S/c13-12(14,15)8-3-1-4-9(7-8)20-11-10(17(18)19)5-2-6-16-11/h1-7H. The third-order valence-corrected chi connectivity index (χ3v) is 3.32. The maximum Gasteiger partial charge on any atom is 0.416 e. The number of aromatic nitrogens is 1. The van der Waals surface area contributed by atoms with Crippen molar-refractivity contribution in [3.63, 3.8) is 0 Å². The lowest BCUT2D eigenvalue weighted by atomic mass is 10.2. The summed E-state index contributed by atoms with van der Waals surface area (Å²) in [6.45, 7) is 0. The predicted octanol–water partition coefficient (Wildman–Crippen LogP) is 4.16. The summed E-state index contributed by atoms with van der Waals surface area (Å²) in [5.41, 5.74) is -1.05. The van der Waals surface area contributed by atoms with E-state index in [1.165, 1.54) is 30.5 Å². The van der Waals surface area contributed by atoms with Gasteiger partial charge in [0.05, 0.1) is 10.5 Å². The summed E-state index contributed by atoms with van der Waals surface area (Å²) < 4.78 is 37.7. The van der Waals surface area contributed by atoms with Gasteiger partial charge in [-0.15, -0.1) is 0 Å². The third kappa shape index (κ3) is 3.27. The lowest BCUT2D eigenvalue weighted by Crippen LogP contribution is -2.04. The van der Waals surface area contributed by atoms with Crippen molar-refractivity contribution in [2.24, 2.45) is 0 Å². The van der Waals surface area contributed by atoms with Crippen LogP contribution in [0.3, 0.4) is 0 Å². The van der Waals surface area contributed by atoms with Gasteiger partial charge in [-0.2, -0.15) is 13.2 Å². The molecule has 0 saturated heterocycles. The SMILES string of the molecule is O=[N+]([O-])c1cccnc1Sc1cccc(C(F)(F)F)c1. The Morgan fingerprint density at radius 1 is 1.20 bits per heavy atom. The zero-order chi connectivity index (χ0) is 14.8. The second-order valence-corrected chi connectivity index (χ2v) is 4.77. The van der Waals surface area contributed by atoms with Gasteiger partial charge in [0.2, 0.25) is 0 Å². The van der Waals surface area contributed by atoms with Crippen molar-refractivity contribution in [3.8, 4) is 0 Å². The normalized spacial score (nSPS) is 11.3. The van der Waals surface area contributed by atoms with Gasteiger partial charge in [0.1, 0.15) is 0 Å². The Hall–Kier alpha value is -2.09. The van der Waals surface area contributed by atoms with Gasteiger partial charge in [0.25, 0.3) is 0 Å². The van der Waals surface area contributed by atoms with Crippen LogP contribution in [0.25, 0.3) is 0 Å². The van der Waals surface area contributed by atoms with Crippen molar-refractivity contribution in [2.75, 3.05) is 0 Å². The van der Waals surface area contributed by atoms with Gasteiger partial charge in [0, 0.05) is 17.2 Å². The lowest BCUT2D eigenvalue weighted by Gasteiger charge is -2.08. The summed E-state index contributed by atoms with van der Waals surface area (Å²) in [5, 5.41) is 10.9. The molecule has 0 saturated carbocycles. The van der Waals surface area contributed by atoms with Crippen LogP contribution in [0, 0.1) is 10.1 Å². The first-order valence-corrected chi connectivity index (χ1v) is 6.14. The Bertz CT molecular complexity index is 647. The fourth-order valence-electron chi connectivity index (χ4n) is 1.45. The molecule has 4 nitrogen and oxygen atoms in total. The van der Waals surface area contributed by atoms with E-state index in [2.05, 4.69) is 4.98 Å². The molecule has 20 heavy (non-hydrogen) atoms. The Balaban J connectivity index is 2.34. The molecule has 104 valence electrons. The molecule has 0 aliphatic rings. The Labute approximate surface area is 115 Å². The zero-order valence-electron chi connectivity index (χ0n) is 9.79. The third-order valence-electron chi connectivity index (χ3n) is 2.32. The first kappa shape index (κ1) is 14.3. The van der Waals surface area contributed by atoms with E-state index >= 15 is 0 Å². The van der Waals surface area contributed by atoms with Crippen LogP contribution < -0.4 is 0 Å². The molecule has 0 unspecified atom stereocenters. The average Bonchev–Trinajstić information content (AvgIpc) is 2.38. The van der Waals surface area contributed by atoms with E-state index < -0.39 is 16.7 Å². The van der Waals surface area contributed by atoms with Crippen LogP contribution in [0.4, 0.5) is 18.9 Å². The summed E-state index contributed by atoms with van der Waals surface area (Å²) in [6.07, 6.45) is -3.10. The van der Waals surface area contributed by atoms with E-state index in [1.807, 2.05) is 0 Å². The molecule has 1 aromatic carbocycles. The van der Waals surface area contributed by atoms with Crippen LogP contribution in [-0.2, 0) is 6.18 Å². The quantitative estimate of drug-likeness (QED) is 0.631. The first-order valence-electron chi connectivity index (χ1n) is 5.32. The zero-order valence-corrected chi connectivity index (χ0v) is 10.6. The molecule has 0 radical (unpaired) electrons. The van der Waals surface area contributed by atoms with Gasteiger partial charge >= 0.3 is 11.9 Å². The molecule has 0 atom stereocenters. The Morgan fingerprint density at radius 2 is 1.95 bits per heavy atom. The molecule has 2 rings (SSSR count). The first-order chi connectivity index (χ1) is 9.38. The second-order valence-electron chi connectivity index (χ2n) is 3.71. The molecule has 0 fully saturated rings. The molecule has 1 heterocycles. The largest absolute Gasteiger partial charge is 0.416 e. The van der Waals surface area contributed by atoms with Crippen molar-refractivity contribution in [3.05, 3.63) is 58.3 Å². The van der Waals surface area contributed by atoms with Crippen LogP contribution in [0.1, 0.15) is 5.56 Å². The van der Waals surface area contributed by atoms with Crippen molar-refractivity contribution in [1.29, 1.82) is 0 Å². The molecular weight excluding hydrogens is 293 g/mol. The summed E-state index contributed by atoms with van der Waals surface area (Å²) in [6, 6.07) is 7.22. The molecule has 0 bridgehead atoms. The molecule has 0 aliphatic carbocycles. The van der Waals surface area contributed by atoms with Gasteiger partial charge in [-0.25, -0.2) is 4.98 Å². The molecule has 8 heteroatoms. The molecular formula is C12H7F3N2O2S. The van der Waals surface area contributed by atoms with Crippen LogP contribution in [0.15, 0.2) is 52.5 Å². The Kier molecular flexibility index (Phi) is 3.93. The molecule has 1 aromatic heterocycles. The van der Waals surface area contributed by atoms with Gasteiger partial charge in [0.15, 0.2) is 5.03 Å². The van der Waals surface area contributed by atoms with Crippen molar-refractivity contribution >= 4 is 17.4 Å². The molecule has 0 N–H and O–H groups in total. The number of rotatable bonds is 3. The molecule has 0 amide bonds. The molecule has 0 spiro atoms. The van der Waals surface area contributed by atoms with Crippen LogP contribution >= 0.6 is 11.8 Å². The number of hydrogen-bond acceptors (Lipinski definition) is 4. The van der Waals surface area contributed by atoms with Crippen molar-refractivity contribution < 1.29 is 18.1 Å². The number of benzene rings is 1. The number of nitrogens with zero attached hydrogens (tertiary/aromatic N) is 2. The summed E-state index contributed by atoms with van der Waals surface area (Å²) in [5.74, 6) is 0. The monoisotopic (exact) mass is 300 g/mol. The van der Waals surface area contributed by atoms with E-state index in [4.69, 9.17) is 0 Å². The summed E-state index contributed by atoms with van der Waals surface area (Å²) in [7, 11) is 0. The predicted molar refractivity (Wildman–Crippen MR) is 66.5 cm³/mol. The van der Waals surface area contributed by atoms with E-state index in [0.717, 1.165) is 23.9 Å². The van der Waals surface area contributed by atoms with Gasteiger partial charge in [-0.05, 0) is 24.3 Å². The fourth-order valence-corrected chi connectivity index (χ4v) is 2.36. The maximum absolute atomic E-state index is 12.6. The van der Waals surface area contributed by atoms with Gasteiger partial charge < -0.3 is 0 Å². The lowest BCUT2D eigenvalue weighted by molar-refractivity contribution is -0.388. The molecule has 0 aliphatic heterocycles. The highest BCUT2D eigenvalue weighted by Gasteiger charge is 2.30. The van der Waals surface area contributed by atoms with E-state index in [1.54, 1.807) is 0 Å². The van der Waals surface area contributed by atoms with Gasteiger partial charge in [-0.1, -0.05) is 17.8 Å². The van der Waals surface area contributed by atoms with Crippen molar-refractivity contribution in [1.82, 2.24) is 4.98 Å². The number of hydrogen-bond donors (Lipinski definition) is 0. The number of alkyl halides is 3. The highest BCUT2D eigenvalue weighted by molar-refractivity contribution is 7.99. The highest BCUT2D eigenvalue weighted by Crippen LogP contribution is 2.36. The second kappa shape index (κ2) is 5.49. The summed E-state index contributed by atoms with van der Waals surface area (Å²) >= 11 is 0.820. The topological polar surface area (TPSA) is 56.0 Å². The minimum Gasteiger partial charge on any atom is -0.258 e. The molecule has 2 aromatic rings. The smallest absolute Gasteiger partial charge is 0.258 e. The summed E-state index contributed by atoms with van der Waals surface area (Å²) in [4.78, 5) is 14.3. The van der Waals surface area contributed by atoms with Crippen LogP contribution in [0.2, 0.25) is 0 Å². The van der Waals surface area contributed by atoms with Crippen LogP contribution in [-0.4, -0.2) is 9.91 Å². The van der Waals surface area contributed by atoms with Crippen LogP contribution in [0.5, 0.6) is 0 Å². The van der Waals surface area contributed by atoms with E-state index in [0.29, 0.717) is 0 Å². The minimum atomic E-state index is -4.45. The maximum atomic E-state index is 12.6. The number of nitro groups is 1. The van der Waals surface area contributed by atoms with E-state index in [-0.39, 0.29) is 15.6 Å². The average molecular weight is 300 g/mol. The van der Waals surface area contributed by atoms with E-state index in [9.17, 15) is 23.3 Å². The van der Waals surface area contributed by atoms with Crippen molar-refractivity contribution in [2.45, 2.75) is 16.1 Å². The fraction of sp³-hybridized carbons (Fsp3) is 0.0833. The Morgan fingerprint density at radius 3 is 2.60 bits per heavy atom. The number of pyridine rings is 1.